The SMILES string of the molecule is CC1CCCN(C(=O)C2CCCN(c3nc4c(-c5ccccc5)csc4c(=O)[nH]3)C2)C1. The van der Waals surface area contributed by atoms with Crippen molar-refractivity contribution in [1.29, 1.82) is 0 Å². The van der Waals surface area contributed by atoms with E-state index in [4.69, 9.17) is 4.98 Å². The first kappa shape index (κ1) is 20.2. The average molecular weight is 437 g/mol. The minimum Gasteiger partial charge on any atom is -0.342 e. The number of fused-ring (bicyclic) bond motifs is 1. The number of thiophene rings is 1. The van der Waals surface area contributed by atoms with Crippen molar-refractivity contribution < 1.29 is 4.79 Å². The number of aromatic amines is 1. The summed E-state index contributed by atoms with van der Waals surface area (Å²) in [5.74, 6) is 1.39. The molecule has 1 N–H and O–H groups in total. The van der Waals surface area contributed by atoms with E-state index in [2.05, 4.69) is 16.8 Å². The van der Waals surface area contributed by atoms with Gasteiger partial charge in [0, 0.05) is 37.1 Å². The summed E-state index contributed by atoms with van der Waals surface area (Å²) in [5.41, 5.74) is 2.68. The van der Waals surface area contributed by atoms with Gasteiger partial charge in [0.15, 0.2) is 0 Å². The minimum absolute atomic E-state index is 0.0314. The summed E-state index contributed by atoms with van der Waals surface area (Å²) < 4.78 is 0.648. The third-order valence-corrected chi connectivity index (χ3v) is 7.51. The van der Waals surface area contributed by atoms with E-state index in [1.54, 1.807) is 0 Å². The van der Waals surface area contributed by atoms with Crippen LogP contribution in [0.25, 0.3) is 21.3 Å². The van der Waals surface area contributed by atoms with E-state index in [1.807, 2.05) is 40.6 Å². The van der Waals surface area contributed by atoms with E-state index in [1.165, 1.54) is 17.8 Å². The Hall–Kier alpha value is -2.67. The number of likely N-dealkylation sites (tertiary alicyclic amines) is 1. The van der Waals surface area contributed by atoms with Gasteiger partial charge in [0.25, 0.3) is 5.56 Å². The van der Waals surface area contributed by atoms with Gasteiger partial charge in [-0.2, -0.15) is 0 Å². The smallest absolute Gasteiger partial charge is 0.270 e. The van der Waals surface area contributed by atoms with Gasteiger partial charge in [-0.3, -0.25) is 14.6 Å². The molecule has 2 saturated heterocycles. The van der Waals surface area contributed by atoms with Crippen molar-refractivity contribution in [3.8, 4) is 11.1 Å². The fourth-order valence-electron chi connectivity index (χ4n) is 4.91. The lowest BCUT2D eigenvalue weighted by Gasteiger charge is -2.37. The number of rotatable bonds is 3. The summed E-state index contributed by atoms with van der Waals surface area (Å²) in [6, 6.07) is 10.1. The highest BCUT2D eigenvalue weighted by Gasteiger charge is 2.32. The van der Waals surface area contributed by atoms with Crippen LogP contribution >= 0.6 is 11.3 Å². The summed E-state index contributed by atoms with van der Waals surface area (Å²) in [4.78, 5) is 37.9. The van der Waals surface area contributed by atoms with Gasteiger partial charge in [0.2, 0.25) is 11.9 Å². The van der Waals surface area contributed by atoms with Crippen molar-refractivity contribution in [2.75, 3.05) is 31.1 Å². The Bertz CT molecular complexity index is 1140. The standard InChI is InChI=1S/C24H28N4O2S/c1-16-7-5-11-27(13-16)23(30)18-10-6-12-28(14-18)24-25-20-19(17-8-3-2-4-9-17)15-31-21(20)22(29)26-24/h2-4,8-9,15-16,18H,5-7,10-14H2,1H3,(H,25,26,29). The molecule has 0 radical (unpaired) electrons. The molecular formula is C24H28N4O2S. The van der Waals surface area contributed by atoms with E-state index in [0.717, 1.165) is 55.5 Å². The molecular weight excluding hydrogens is 408 g/mol. The summed E-state index contributed by atoms with van der Waals surface area (Å²) in [6.07, 6.45) is 4.13. The monoisotopic (exact) mass is 436 g/mol. The van der Waals surface area contributed by atoms with E-state index >= 15 is 0 Å². The molecule has 2 aliphatic rings. The second-order valence-electron chi connectivity index (χ2n) is 8.90. The Balaban J connectivity index is 1.42. The zero-order valence-corrected chi connectivity index (χ0v) is 18.7. The van der Waals surface area contributed by atoms with Crippen LogP contribution in [-0.2, 0) is 4.79 Å². The molecule has 7 heteroatoms. The molecule has 31 heavy (non-hydrogen) atoms. The highest BCUT2D eigenvalue weighted by atomic mass is 32.1. The molecule has 3 aromatic rings. The first-order chi connectivity index (χ1) is 15.1. The van der Waals surface area contributed by atoms with Crippen LogP contribution < -0.4 is 10.5 Å². The topological polar surface area (TPSA) is 69.3 Å². The number of aromatic nitrogens is 2. The van der Waals surface area contributed by atoms with Crippen molar-refractivity contribution >= 4 is 33.4 Å². The lowest BCUT2D eigenvalue weighted by Crippen LogP contribution is -2.48. The van der Waals surface area contributed by atoms with Crippen LogP contribution in [0.3, 0.4) is 0 Å². The zero-order valence-electron chi connectivity index (χ0n) is 17.8. The molecule has 0 aliphatic carbocycles. The van der Waals surface area contributed by atoms with Crippen LogP contribution in [0.1, 0.15) is 32.6 Å². The summed E-state index contributed by atoms with van der Waals surface area (Å²) in [7, 11) is 0. The molecule has 6 nitrogen and oxygen atoms in total. The highest BCUT2D eigenvalue weighted by Crippen LogP contribution is 2.32. The number of hydrogen-bond acceptors (Lipinski definition) is 5. The quantitative estimate of drug-likeness (QED) is 0.670. The number of hydrogen-bond donors (Lipinski definition) is 1. The molecule has 0 bridgehead atoms. The number of amides is 1. The predicted molar refractivity (Wildman–Crippen MR) is 126 cm³/mol. The van der Waals surface area contributed by atoms with Gasteiger partial charge in [0.1, 0.15) is 4.70 Å². The number of piperidine rings is 2. The van der Waals surface area contributed by atoms with E-state index in [9.17, 15) is 9.59 Å². The molecule has 4 heterocycles. The molecule has 2 fully saturated rings. The first-order valence-corrected chi connectivity index (χ1v) is 12.1. The molecule has 2 aliphatic heterocycles. The summed E-state index contributed by atoms with van der Waals surface area (Å²) in [5, 5.41) is 2.01. The van der Waals surface area contributed by atoms with Crippen molar-refractivity contribution in [3.05, 3.63) is 46.1 Å². The maximum atomic E-state index is 13.2. The molecule has 1 amide bonds. The zero-order chi connectivity index (χ0) is 21.4. The number of benzene rings is 1. The van der Waals surface area contributed by atoms with Crippen LogP contribution in [0.15, 0.2) is 40.5 Å². The van der Waals surface area contributed by atoms with Gasteiger partial charge >= 0.3 is 0 Å². The first-order valence-electron chi connectivity index (χ1n) is 11.2. The fraction of sp³-hybridized carbons (Fsp3) is 0.458. The molecule has 0 saturated carbocycles. The van der Waals surface area contributed by atoms with E-state index in [-0.39, 0.29) is 17.4 Å². The third kappa shape index (κ3) is 3.99. The van der Waals surface area contributed by atoms with Crippen molar-refractivity contribution in [2.45, 2.75) is 32.6 Å². The van der Waals surface area contributed by atoms with E-state index < -0.39 is 0 Å². The molecule has 2 aromatic heterocycles. The summed E-state index contributed by atoms with van der Waals surface area (Å²) >= 11 is 1.43. The summed E-state index contributed by atoms with van der Waals surface area (Å²) in [6.45, 7) is 5.38. The second-order valence-corrected chi connectivity index (χ2v) is 9.78. The van der Waals surface area contributed by atoms with Crippen molar-refractivity contribution in [3.63, 3.8) is 0 Å². The largest absolute Gasteiger partial charge is 0.342 e. The van der Waals surface area contributed by atoms with Crippen LogP contribution in [0, 0.1) is 11.8 Å². The number of nitrogens with zero attached hydrogens (tertiary/aromatic N) is 3. The Morgan fingerprint density at radius 3 is 2.74 bits per heavy atom. The Labute approximate surface area is 185 Å². The Morgan fingerprint density at radius 1 is 1.13 bits per heavy atom. The highest BCUT2D eigenvalue weighted by molar-refractivity contribution is 7.17. The molecule has 162 valence electrons. The molecule has 1 aromatic carbocycles. The fourth-order valence-corrected chi connectivity index (χ4v) is 5.82. The normalized spacial score (nSPS) is 22.1. The van der Waals surface area contributed by atoms with Crippen LogP contribution in [0.2, 0.25) is 0 Å². The minimum atomic E-state index is -0.106. The predicted octanol–water partition coefficient (Wildman–Crippen LogP) is 4.13. The number of nitrogens with one attached hydrogen (secondary N) is 1. The van der Waals surface area contributed by atoms with Crippen LogP contribution in [0.5, 0.6) is 0 Å². The third-order valence-electron chi connectivity index (χ3n) is 6.54. The average Bonchev–Trinajstić information content (AvgIpc) is 3.24. The van der Waals surface area contributed by atoms with Gasteiger partial charge in [-0.05, 0) is 37.2 Å². The number of carbonyl (C=O) groups is 1. The van der Waals surface area contributed by atoms with Gasteiger partial charge in [-0.25, -0.2) is 4.98 Å². The number of carbonyl (C=O) groups excluding carboxylic acids is 1. The second kappa shape index (κ2) is 8.46. The van der Waals surface area contributed by atoms with E-state index in [0.29, 0.717) is 23.1 Å². The molecule has 2 atom stereocenters. The Kier molecular flexibility index (Phi) is 5.52. The number of H-pyrrole nitrogens is 1. The van der Waals surface area contributed by atoms with Gasteiger partial charge in [0.05, 0.1) is 11.4 Å². The number of anilines is 1. The maximum Gasteiger partial charge on any atom is 0.270 e. The van der Waals surface area contributed by atoms with Crippen molar-refractivity contribution in [1.82, 2.24) is 14.9 Å². The van der Waals surface area contributed by atoms with Gasteiger partial charge in [-0.1, -0.05) is 37.3 Å². The van der Waals surface area contributed by atoms with Crippen molar-refractivity contribution in [2.24, 2.45) is 11.8 Å². The molecule has 0 spiro atoms. The molecule has 5 rings (SSSR count). The van der Waals surface area contributed by atoms with Crippen LogP contribution in [0.4, 0.5) is 5.95 Å². The lowest BCUT2D eigenvalue weighted by molar-refractivity contribution is -0.137. The lowest BCUT2D eigenvalue weighted by atomic mass is 9.94. The molecule has 2 unspecified atom stereocenters. The van der Waals surface area contributed by atoms with Gasteiger partial charge in [-0.15, -0.1) is 11.3 Å². The van der Waals surface area contributed by atoms with Crippen LogP contribution in [-0.4, -0.2) is 47.0 Å². The van der Waals surface area contributed by atoms with Gasteiger partial charge < -0.3 is 9.80 Å². The maximum absolute atomic E-state index is 13.2. The Morgan fingerprint density at radius 2 is 1.94 bits per heavy atom.